The third kappa shape index (κ3) is 5.07. The zero-order valence-corrected chi connectivity index (χ0v) is 14.7. The minimum atomic E-state index is -0.565. The number of amides is 1. The molecule has 0 fully saturated rings. The number of benzene rings is 1. The predicted molar refractivity (Wildman–Crippen MR) is 95.3 cm³/mol. The molecule has 1 aromatic carbocycles. The summed E-state index contributed by atoms with van der Waals surface area (Å²) in [5, 5.41) is 11.2. The summed E-state index contributed by atoms with van der Waals surface area (Å²) < 4.78 is 6.63. The lowest BCUT2D eigenvalue weighted by molar-refractivity contribution is -0.122. The van der Waals surface area contributed by atoms with Crippen molar-refractivity contribution in [1.29, 1.82) is 0 Å². The van der Waals surface area contributed by atoms with Crippen LogP contribution in [0.25, 0.3) is 0 Å². The highest BCUT2D eigenvalue weighted by Gasteiger charge is 2.20. The highest BCUT2D eigenvalue weighted by atomic mass is 32.2. The predicted octanol–water partition coefficient (Wildman–Crippen LogP) is 3.92. The summed E-state index contributed by atoms with van der Waals surface area (Å²) in [7, 11) is 0. The topological polar surface area (TPSA) is 64.1 Å². The van der Waals surface area contributed by atoms with Crippen molar-refractivity contribution in [2.75, 3.05) is 11.1 Å². The molecule has 0 saturated carbocycles. The first-order valence-electron chi connectivity index (χ1n) is 7.24. The maximum absolute atomic E-state index is 12.4. The molecule has 0 aliphatic heterocycles. The summed E-state index contributed by atoms with van der Waals surface area (Å²) >= 11 is 2.88. The van der Waals surface area contributed by atoms with Crippen LogP contribution in [0, 0.1) is 6.92 Å². The first-order valence-corrected chi connectivity index (χ1v) is 9.04. The summed E-state index contributed by atoms with van der Waals surface area (Å²) in [6, 6.07) is 7.64. The minimum absolute atomic E-state index is 0.216. The Hall–Kier alpha value is -1.86. The number of aromatic nitrogens is 2. The van der Waals surface area contributed by atoms with Gasteiger partial charge in [0.1, 0.15) is 5.75 Å². The van der Waals surface area contributed by atoms with Crippen LogP contribution in [0.4, 0.5) is 5.13 Å². The number of carbonyl (C=O) groups is 1. The van der Waals surface area contributed by atoms with Gasteiger partial charge in [0.2, 0.25) is 5.13 Å². The van der Waals surface area contributed by atoms with Gasteiger partial charge >= 0.3 is 0 Å². The molecule has 1 atom stereocenters. The third-order valence-corrected chi connectivity index (χ3v) is 4.96. The Balaban J connectivity index is 1.98. The van der Waals surface area contributed by atoms with Gasteiger partial charge in [-0.05, 0) is 25.0 Å². The molecule has 0 unspecified atom stereocenters. The molecule has 1 N–H and O–H groups in total. The van der Waals surface area contributed by atoms with Gasteiger partial charge in [-0.25, -0.2) is 0 Å². The monoisotopic (exact) mass is 349 g/mol. The summed E-state index contributed by atoms with van der Waals surface area (Å²) in [4.78, 5) is 12.4. The normalized spacial score (nSPS) is 11.7. The standard InChI is InChI=1S/C16H19N3O2S2/c1-4-10-22-16-19-18-15(23-16)17-14(20)12(5-2)21-13-9-7-6-8-11(13)3/h4,6-9,12H,1,5,10H2,2-3H3,(H,17,18,20)/t12-/m1/s1. The summed E-state index contributed by atoms with van der Waals surface area (Å²) in [5.74, 6) is 1.26. The molecule has 122 valence electrons. The molecule has 0 aliphatic rings. The average Bonchev–Trinajstić information content (AvgIpc) is 2.99. The second-order valence-corrected chi connectivity index (χ2v) is 6.99. The van der Waals surface area contributed by atoms with Crippen LogP contribution >= 0.6 is 23.1 Å². The van der Waals surface area contributed by atoms with Gasteiger partial charge in [0.25, 0.3) is 5.91 Å². The van der Waals surface area contributed by atoms with Crippen molar-refractivity contribution in [2.24, 2.45) is 0 Å². The Morgan fingerprint density at radius 2 is 2.26 bits per heavy atom. The molecule has 1 heterocycles. The molecule has 0 spiro atoms. The second-order valence-electron chi connectivity index (χ2n) is 4.74. The highest BCUT2D eigenvalue weighted by molar-refractivity contribution is 8.01. The van der Waals surface area contributed by atoms with Crippen LogP contribution in [0.1, 0.15) is 18.9 Å². The van der Waals surface area contributed by atoms with Gasteiger partial charge in [-0.2, -0.15) is 0 Å². The van der Waals surface area contributed by atoms with Crippen LogP contribution in [0.5, 0.6) is 5.75 Å². The van der Waals surface area contributed by atoms with Crippen molar-refractivity contribution in [3.05, 3.63) is 42.5 Å². The molecule has 0 radical (unpaired) electrons. The molecule has 2 aromatic rings. The lowest BCUT2D eigenvalue weighted by atomic mass is 10.2. The zero-order valence-electron chi connectivity index (χ0n) is 13.1. The van der Waals surface area contributed by atoms with Gasteiger partial charge in [-0.1, -0.05) is 54.3 Å². The Kier molecular flexibility index (Phi) is 6.61. The Labute approximate surface area is 144 Å². The summed E-state index contributed by atoms with van der Waals surface area (Å²) in [5.41, 5.74) is 0.998. The van der Waals surface area contributed by atoms with Gasteiger partial charge < -0.3 is 4.74 Å². The van der Waals surface area contributed by atoms with E-state index in [-0.39, 0.29) is 5.91 Å². The number of carbonyl (C=O) groups excluding carboxylic acids is 1. The Morgan fingerprint density at radius 1 is 1.48 bits per heavy atom. The van der Waals surface area contributed by atoms with E-state index < -0.39 is 6.10 Å². The zero-order chi connectivity index (χ0) is 16.7. The van der Waals surface area contributed by atoms with E-state index in [1.165, 1.54) is 23.1 Å². The van der Waals surface area contributed by atoms with Crippen LogP contribution in [0.2, 0.25) is 0 Å². The molecular weight excluding hydrogens is 330 g/mol. The smallest absolute Gasteiger partial charge is 0.267 e. The summed E-state index contributed by atoms with van der Waals surface area (Å²) in [6.07, 6.45) is 1.80. The van der Waals surface area contributed by atoms with E-state index in [1.54, 1.807) is 6.08 Å². The maximum Gasteiger partial charge on any atom is 0.267 e. The van der Waals surface area contributed by atoms with E-state index in [4.69, 9.17) is 4.74 Å². The van der Waals surface area contributed by atoms with Crippen molar-refractivity contribution in [3.8, 4) is 5.75 Å². The largest absolute Gasteiger partial charge is 0.480 e. The number of rotatable bonds is 8. The Morgan fingerprint density at radius 3 is 2.96 bits per heavy atom. The number of ether oxygens (including phenoxy) is 1. The first kappa shape index (κ1) is 17.5. The fourth-order valence-electron chi connectivity index (χ4n) is 1.80. The van der Waals surface area contributed by atoms with E-state index in [2.05, 4.69) is 22.1 Å². The van der Waals surface area contributed by atoms with Gasteiger partial charge in [0.15, 0.2) is 10.4 Å². The molecule has 7 heteroatoms. The Bertz CT molecular complexity index is 673. The van der Waals surface area contributed by atoms with Crippen LogP contribution in [-0.2, 0) is 4.79 Å². The molecule has 1 aromatic heterocycles. The number of anilines is 1. The molecule has 23 heavy (non-hydrogen) atoms. The number of thioether (sulfide) groups is 1. The van der Waals surface area contributed by atoms with Crippen LogP contribution in [0.15, 0.2) is 41.3 Å². The third-order valence-electron chi connectivity index (χ3n) is 2.99. The van der Waals surface area contributed by atoms with E-state index in [0.717, 1.165) is 15.7 Å². The minimum Gasteiger partial charge on any atom is -0.480 e. The number of nitrogens with zero attached hydrogens (tertiary/aromatic N) is 2. The number of para-hydroxylation sites is 1. The molecule has 2 rings (SSSR count). The van der Waals surface area contributed by atoms with Crippen molar-refractivity contribution in [2.45, 2.75) is 30.7 Å². The quantitative estimate of drug-likeness (QED) is 0.444. The van der Waals surface area contributed by atoms with Gasteiger partial charge in [0, 0.05) is 5.75 Å². The number of aryl methyl sites for hydroxylation is 1. The first-order chi connectivity index (χ1) is 11.1. The van der Waals surface area contributed by atoms with Crippen molar-refractivity contribution >= 4 is 34.1 Å². The SMILES string of the molecule is C=CCSc1nnc(NC(=O)[C@@H](CC)Oc2ccccc2C)s1. The lowest BCUT2D eigenvalue weighted by Gasteiger charge is -2.17. The fraction of sp³-hybridized carbons (Fsp3) is 0.312. The molecule has 0 bridgehead atoms. The number of nitrogens with one attached hydrogen (secondary N) is 1. The van der Waals surface area contributed by atoms with Crippen molar-refractivity contribution in [3.63, 3.8) is 0 Å². The molecule has 0 saturated heterocycles. The molecule has 0 aliphatic carbocycles. The van der Waals surface area contributed by atoms with Crippen LogP contribution in [-0.4, -0.2) is 28.0 Å². The van der Waals surface area contributed by atoms with E-state index >= 15 is 0 Å². The number of hydrogen-bond donors (Lipinski definition) is 1. The highest BCUT2D eigenvalue weighted by Crippen LogP contribution is 2.26. The lowest BCUT2D eigenvalue weighted by Crippen LogP contribution is -2.32. The molecule has 1 amide bonds. The van der Waals surface area contributed by atoms with Crippen LogP contribution in [0.3, 0.4) is 0 Å². The average molecular weight is 349 g/mol. The van der Waals surface area contributed by atoms with Gasteiger partial charge in [-0.15, -0.1) is 16.8 Å². The van der Waals surface area contributed by atoms with Crippen molar-refractivity contribution < 1.29 is 9.53 Å². The maximum atomic E-state index is 12.4. The molecular formula is C16H19N3O2S2. The summed E-state index contributed by atoms with van der Waals surface area (Å²) in [6.45, 7) is 7.52. The fourth-order valence-corrected chi connectivity index (χ4v) is 3.31. The second kappa shape index (κ2) is 8.69. The van der Waals surface area contributed by atoms with Crippen LogP contribution < -0.4 is 10.1 Å². The van der Waals surface area contributed by atoms with E-state index in [0.29, 0.717) is 17.3 Å². The van der Waals surface area contributed by atoms with Gasteiger partial charge in [-0.3, -0.25) is 10.1 Å². The van der Waals surface area contributed by atoms with Crippen molar-refractivity contribution in [1.82, 2.24) is 10.2 Å². The van der Waals surface area contributed by atoms with E-state index in [9.17, 15) is 4.79 Å². The molecule has 5 nitrogen and oxygen atoms in total. The van der Waals surface area contributed by atoms with E-state index in [1.807, 2.05) is 38.1 Å². The van der Waals surface area contributed by atoms with Gasteiger partial charge in [0.05, 0.1) is 0 Å². The number of hydrogen-bond acceptors (Lipinski definition) is 6.